The van der Waals surface area contributed by atoms with Gasteiger partial charge in [-0.3, -0.25) is 4.98 Å². The van der Waals surface area contributed by atoms with Gasteiger partial charge in [0.2, 0.25) is 11.7 Å². The number of rotatable bonds is 3. The lowest BCUT2D eigenvalue weighted by Gasteiger charge is -2.30. The van der Waals surface area contributed by atoms with Crippen LogP contribution in [-0.4, -0.2) is 28.2 Å². The zero-order valence-electron chi connectivity index (χ0n) is 9.93. The lowest BCUT2D eigenvalue weighted by Crippen LogP contribution is -2.44. The van der Waals surface area contributed by atoms with E-state index >= 15 is 0 Å². The first-order valence-corrected chi connectivity index (χ1v) is 6.70. The van der Waals surface area contributed by atoms with E-state index in [1.54, 1.807) is 6.20 Å². The monoisotopic (exact) mass is 308 g/mol. The number of aromatic nitrogens is 3. The van der Waals surface area contributed by atoms with Crippen LogP contribution in [0.4, 0.5) is 0 Å². The van der Waals surface area contributed by atoms with E-state index in [-0.39, 0.29) is 5.92 Å². The Hall–Kier alpha value is -1.27. The predicted molar refractivity (Wildman–Crippen MR) is 70.0 cm³/mol. The summed E-state index contributed by atoms with van der Waals surface area (Å²) in [6.07, 6.45) is 1.72. The average molecular weight is 309 g/mol. The van der Waals surface area contributed by atoms with Crippen LogP contribution in [0.1, 0.15) is 18.7 Å². The standard InChI is InChI=1S/C12H13BrN4O/c1-7(8-5-14-6-8)12-16-11(17-18-12)10-9(13)3-2-4-15-10/h2-4,7-8,14H,5-6H2,1H3. The van der Waals surface area contributed by atoms with Gasteiger partial charge in [-0.2, -0.15) is 4.98 Å². The van der Waals surface area contributed by atoms with Crippen molar-refractivity contribution in [1.82, 2.24) is 20.4 Å². The van der Waals surface area contributed by atoms with Crippen LogP contribution in [0.25, 0.3) is 11.5 Å². The number of hydrogen-bond donors (Lipinski definition) is 1. The highest BCUT2D eigenvalue weighted by Crippen LogP contribution is 2.28. The van der Waals surface area contributed by atoms with E-state index in [1.165, 1.54) is 0 Å². The fourth-order valence-corrected chi connectivity index (χ4v) is 2.37. The summed E-state index contributed by atoms with van der Waals surface area (Å²) in [6.45, 7) is 4.16. The highest BCUT2D eigenvalue weighted by atomic mass is 79.9. The van der Waals surface area contributed by atoms with Gasteiger partial charge in [-0.15, -0.1) is 0 Å². The molecule has 3 rings (SSSR count). The Bertz CT molecular complexity index is 553. The molecular formula is C12H13BrN4O. The molecular weight excluding hydrogens is 296 g/mol. The van der Waals surface area contributed by atoms with Gasteiger partial charge in [0, 0.05) is 16.6 Å². The Morgan fingerprint density at radius 2 is 2.33 bits per heavy atom. The molecule has 1 N–H and O–H groups in total. The second-order valence-corrected chi connectivity index (χ2v) is 5.35. The molecule has 1 atom stereocenters. The summed E-state index contributed by atoms with van der Waals surface area (Å²) in [5, 5.41) is 7.26. The van der Waals surface area contributed by atoms with Gasteiger partial charge in [0.15, 0.2) is 0 Å². The fourth-order valence-electron chi connectivity index (χ4n) is 1.93. The Kier molecular flexibility index (Phi) is 3.13. The van der Waals surface area contributed by atoms with Crippen molar-refractivity contribution in [3.8, 4) is 11.5 Å². The number of nitrogens with zero attached hydrogens (tertiary/aromatic N) is 3. The molecule has 5 nitrogen and oxygen atoms in total. The second-order valence-electron chi connectivity index (χ2n) is 4.50. The molecule has 1 saturated heterocycles. The van der Waals surface area contributed by atoms with E-state index in [0.29, 0.717) is 23.3 Å². The molecule has 0 aromatic carbocycles. The first-order valence-electron chi connectivity index (χ1n) is 5.91. The molecule has 3 heterocycles. The van der Waals surface area contributed by atoms with E-state index in [9.17, 15) is 0 Å². The first kappa shape index (κ1) is 11.8. The lowest BCUT2D eigenvalue weighted by atomic mass is 9.89. The third-order valence-electron chi connectivity index (χ3n) is 3.32. The summed E-state index contributed by atoms with van der Waals surface area (Å²) in [5.74, 6) is 2.10. The van der Waals surface area contributed by atoms with Crippen LogP contribution in [0.3, 0.4) is 0 Å². The van der Waals surface area contributed by atoms with Crippen molar-refractivity contribution < 1.29 is 4.52 Å². The van der Waals surface area contributed by atoms with Gasteiger partial charge >= 0.3 is 0 Å². The zero-order chi connectivity index (χ0) is 12.5. The predicted octanol–water partition coefficient (Wildman–Crippen LogP) is 2.22. The second kappa shape index (κ2) is 4.78. The molecule has 1 fully saturated rings. The number of pyridine rings is 1. The van der Waals surface area contributed by atoms with Crippen molar-refractivity contribution in [2.45, 2.75) is 12.8 Å². The quantitative estimate of drug-likeness (QED) is 0.942. The molecule has 6 heteroatoms. The Morgan fingerprint density at radius 3 is 3.00 bits per heavy atom. The molecule has 1 aliphatic heterocycles. The van der Waals surface area contributed by atoms with Gasteiger partial charge in [-0.05, 0) is 47.1 Å². The SMILES string of the molecule is CC(c1nc(-c2ncccc2Br)no1)C1CNC1. The maximum atomic E-state index is 5.34. The molecule has 18 heavy (non-hydrogen) atoms. The maximum Gasteiger partial charge on any atom is 0.230 e. The van der Waals surface area contributed by atoms with Gasteiger partial charge in [-0.1, -0.05) is 12.1 Å². The van der Waals surface area contributed by atoms with Crippen LogP contribution >= 0.6 is 15.9 Å². The van der Waals surface area contributed by atoms with Crippen LogP contribution in [0.2, 0.25) is 0 Å². The van der Waals surface area contributed by atoms with Crippen LogP contribution < -0.4 is 5.32 Å². The summed E-state index contributed by atoms with van der Waals surface area (Å²) in [6, 6.07) is 3.77. The summed E-state index contributed by atoms with van der Waals surface area (Å²) in [7, 11) is 0. The molecule has 0 saturated carbocycles. The van der Waals surface area contributed by atoms with Crippen LogP contribution in [-0.2, 0) is 0 Å². The highest BCUT2D eigenvalue weighted by Gasteiger charge is 2.29. The van der Waals surface area contributed by atoms with Gasteiger partial charge in [0.05, 0.1) is 0 Å². The molecule has 2 aromatic heterocycles. The van der Waals surface area contributed by atoms with Crippen LogP contribution in [0.15, 0.2) is 27.3 Å². The fraction of sp³-hybridized carbons (Fsp3) is 0.417. The minimum atomic E-state index is 0.287. The third kappa shape index (κ3) is 2.06. The smallest absolute Gasteiger partial charge is 0.230 e. The van der Waals surface area contributed by atoms with Crippen molar-refractivity contribution >= 4 is 15.9 Å². The average Bonchev–Trinajstić information content (AvgIpc) is 2.76. The number of hydrogen-bond acceptors (Lipinski definition) is 5. The lowest BCUT2D eigenvalue weighted by molar-refractivity contribution is 0.252. The van der Waals surface area contributed by atoms with E-state index in [1.807, 2.05) is 12.1 Å². The van der Waals surface area contributed by atoms with Gasteiger partial charge in [0.1, 0.15) is 5.69 Å². The number of halogens is 1. The first-order chi connectivity index (χ1) is 8.75. The summed E-state index contributed by atoms with van der Waals surface area (Å²) < 4.78 is 6.21. The van der Waals surface area contributed by atoms with Crippen molar-refractivity contribution in [2.24, 2.45) is 5.92 Å². The van der Waals surface area contributed by atoms with Crippen molar-refractivity contribution in [3.05, 3.63) is 28.7 Å². The summed E-state index contributed by atoms with van der Waals surface area (Å²) >= 11 is 3.44. The topological polar surface area (TPSA) is 63.8 Å². The largest absolute Gasteiger partial charge is 0.339 e. The van der Waals surface area contributed by atoms with Crippen LogP contribution in [0, 0.1) is 5.92 Å². The van der Waals surface area contributed by atoms with Crippen LogP contribution in [0.5, 0.6) is 0 Å². The summed E-state index contributed by atoms with van der Waals surface area (Å²) in [4.78, 5) is 8.70. The van der Waals surface area contributed by atoms with E-state index in [2.05, 4.69) is 43.3 Å². The van der Waals surface area contributed by atoms with Gasteiger partial charge < -0.3 is 9.84 Å². The minimum absolute atomic E-state index is 0.287. The normalized spacial score (nSPS) is 17.4. The molecule has 0 aliphatic carbocycles. The van der Waals surface area contributed by atoms with Crippen molar-refractivity contribution in [3.63, 3.8) is 0 Å². The molecule has 94 valence electrons. The number of nitrogens with one attached hydrogen (secondary N) is 1. The zero-order valence-corrected chi connectivity index (χ0v) is 11.5. The third-order valence-corrected chi connectivity index (χ3v) is 3.96. The minimum Gasteiger partial charge on any atom is -0.339 e. The van der Waals surface area contributed by atoms with E-state index in [4.69, 9.17) is 4.52 Å². The molecule has 0 radical (unpaired) electrons. The van der Waals surface area contributed by atoms with Gasteiger partial charge in [-0.25, -0.2) is 0 Å². The Balaban J connectivity index is 1.87. The maximum absolute atomic E-state index is 5.34. The molecule has 0 bridgehead atoms. The highest BCUT2D eigenvalue weighted by molar-refractivity contribution is 9.10. The van der Waals surface area contributed by atoms with E-state index < -0.39 is 0 Å². The molecule has 0 amide bonds. The van der Waals surface area contributed by atoms with Crippen molar-refractivity contribution in [2.75, 3.05) is 13.1 Å². The Labute approximate surface area is 113 Å². The molecule has 1 unspecified atom stereocenters. The molecule has 1 aliphatic rings. The summed E-state index contributed by atoms with van der Waals surface area (Å²) in [5.41, 5.74) is 0.714. The Morgan fingerprint density at radius 1 is 1.50 bits per heavy atom. The van der Waals surface area contributed by atoms with E-state index in [0.717, 1.165) is 17.6 Å². The molecule has 0 spiro atoms. The van der Waals surface area contributed by atoms with Crippen molar-refractivity contribution in [1.29, 1.82) is 0 Å². The molecule has 2 aromatic rings. The van der Waals surface area contributed by atoms with Gasteiger partial charge in [0.25, 0.3) is 0 Å².